The molecule has 0 amide bonds. The van der Waals surface area contributed by atoms with Crippen molar-refractivity contribution in [2.75, 3.05) is 27.2 Å². The Morgan fingerprint density at radius 3 is 2.50 bits per heavy atom. The first-order chi connectivity index (χ1) is 9.67. The molecule has 4 heteroatoms. The quantitative estimate of drug-likeness (QED) is 0.522. The molecule has 0 radical (unpaired) electrons. The van der Waals surface area contributed by atoms with Crippen LogP contribution in [-0.2, 0) is 9.53 Å². The molecule has 0 aromatic heterocycles. The normalized spacial score (nSPS) is 23.0. The molecule has 0 aromatic rings. The van der Waals surface area contributed by atoms with E-state index in [0.29, 0.717) is 13.0 Å². The van der Waals surface area contributed by atoms with Crippen LogP contribution in [0, 0.1) is 0 Å². The Balaban J connectivity index is 2.03. The number of nitrogens with zero attached hydrogens (tertiary/aromatic N) is 1. The molecule has 0 saturated heterocycles. The Bertz CT molecular complexity index is 263. The third-order valence-corrected chi connectivity index (χ3v) is 4.43. The number of ether oxygens (including phenoxy) is 1. The van der Waals surface area contributed by atoms with Gasteiger partial charge in [-0.15, -0.1) is 0 Å². The highest BCUT2D eigenvalue weighted by molar-refractivity contribution is 5.69. The van der Waals surface area contributed by atoms with Gasteiger partial charge in [0.25, 0.3) is 0 Å². The molecule has 0 atom stereocenters. The summed E-state index contributed by atoms with van der Waals surface area (Å²) in [5.74, 6) is -0.0498. The molecular weight excluding hydrogens is 252 g/mol. The Morgan fingerprint density at radius 2 is 1.90 bits per heavy atom. The SMILES string of the molecule is CCOC(=O)CCCCCN(C)C1CCC(NC)CC1. The largest absolute Gasteiger partial charge is 0.466 e. The lowest BCUT2D eigenvalue weighted by Gasteiger charge is -2.34. The fourth-order valence-corrected chi connectivity index (χ4v) is 3.03. The molecule has 0 unspecified atom stereocenters. The first-order valence-corrected chi connectivity index (χ1v) is 8.20. The van der Waals surface area contributed by atoms with E-state index in [1.54, 1.807) is 0 Å². The van der Waals surface area contributed by atoms with Crippen LogP contribution in [0.3, 0.4) is 0 Å². The molecule has 1 aliphatic carbocycles. The van der Waals surface area contributed by atoms with E-state index in [1.165, 1.54) is 32.1 Å². The van der Waals surface area contributed by atoms with Gasteiger partial charge in [0, 0.05) is 18.5 Å². The smallest absolute Gasteiger partial charge is 0.305 e. The summed E-state index contributed by atoms with van der Waals surface area (Å²) in [5.41, 5.74) is 0. The van der Waals surface area contributed by atoms with Crippen molar-refractivity contribution >= 4 is 5.97 Å². The summed E-state index contributed by atoms with van der Waals surface area (Å²) in [6.45, 7) is 3.50. The first-order valence-electron chi connectivity index (χ1n) is 8.20. The minimum absolute atomic E-state index is 0.0498. The summed E-state index contributed by atoms with van der Waals surface area (Å²) in [6, 6.07) is 1.48. The van der Waals surface area contributed by atoms with Gasteiger partial charge in [0.15, 0.2) is 0 Å². The molecule has 4 nitrogen and oxygen atoms in total. The number of nitrogens with one attached hydrogen (secondary N) is 1. The van der Waals surface area contributed by atoms with Crippen LogP contribution in [0.4, 0.5) is 0 Å². The lowest BCUT2D eigenvalue weighted by molar-refractivity contribution is -0.143. The third kappa shape index (κ3) is 6.71. The third-order valence-electron chi connectivity index (χ3n) is 4.43. The number of hydrogen-bond donors (Lipinski definition) is 1. The van der Waals surface area contributed by atoms with Crippen LogP contribution in [0.1, 0.15) is 58.3 Å². The zero-order valence-electron chi connectivity index (χ0n) is 13.5. The van der Waals surface area contributed by atoms with Crippen molar-refractivity contribution in [3.8, 4) is 0 Å². The monoisotopic (exact) mass is 284 g/mol. The van der Waals surface area contributed by atoms with Gasteiger partial charge in [-0.2, -0.15) is 0 Å². The number of hydrogen-bond acceptors (Lipinski definition) is 4. The van der Waals surface area contributed by atoms with Crippen molar-refractivity contribution in [1.29, 1.82) is 0 Å². The summed E-state index contributed by atoms with van der Waals surface area (Å²) in [6.07, 6.45) is 9.05. The van der Waals surface area contributed by atoms with E-state index < -0.39 is 0 Å². The molecule has 20 heavy (non-hydrogen) atoms. The molecule has 1 aliphatic rings. The summed E-state index contributed by atoms with van der Waals surface area (Å²) in [7, 11) is 4.31. The van der Waals surface area contributed by atoms with Crippen LogP contribution >= 0.6 is 0 Å². The second kappa shape index (κ2) is 10.2. The van der Waals surface area contributed by atoms with Gasteiger partial charge < -0.3 is 15.0 Å². The Labute approximate surface area is 124 Å². The van der Waals surface area contributed by atoms with E-state index in [-0.39, 0.29) is 5.97 Å². The van der Waals surface area contributed by atoms with Crippen molar-refractivity contribution in [2.24, 2.45) is 0 Å². The summed E-state index contributed by atoms with van der Waals surface area (Å²) < 4.78 is 4.93. The Hall–Kier alpha value is -0.610. The van der Waals surface area contributed by atoms with E-state index in [4.69, 9.17) is 4.74 Å². The summed E-state index contributed by atoms with van der Waals surface area (Å²) >= 11 is 0. The maximum atomic E-state index is 11.2. The van der Waals surface area contributed by atoms with Crippen molar-refractivity contribution in [1.82, 2.24) is 10.2 Å². The van der Waals surface area contributed by atoms with Gasteiger partial charge in [-0.05, 0) is 66.1 Å². The van der Waals surface area contributed by atoms with E-state index in [1.807, 2.05) is 6.92 Å². The average molecular weight is 284 g/mol. The van der Waals surface area contributed by atoms with Gasteiger partial charge in [-0.3, -0.25) is 4.79 Å². The number of carbonyl (C=O) groups is 1. The van der Waals surface area contributed by atoms with Crippen LogP contribution in [-0.4, -0.2) is 50.2 Å². The Kier molecular flexibility index (Phi) is 8.86. The summed E-state index contributed by atoms with van der Waals surface area (Å²) in [5, 5.41) is 3.38. The van der Waals surface area contributed by atoms with Gasteiger partial charge in [0.2, 0.25) is 0 Å². The molecule has 118 valence electrons. The maximum absolute atomic E-state index is 11.2. The second-order valence-corrected chi connectivity index (χ2v) is 5.89. The van der Waals surface area contributed by atoms with Crippen LogP contribution < -0.4 is 5.32 Å². The molecule has 1 N–H and O–H groups in total. The van der Waals surface area contributed by atoms with Crippen molar-refractivity contribution in [3.63, 3.8) is 0 Å². The zero-order chi connectivity index (χ0) is 14.8. The minimum Gasteiger partial charge on any atom is -0.466 e. The Morgan fingerprint density at radius 1 is 1.20 bits per heavy atom. The van der Waals surface area contributed by atoms with Crippen LogP contribution in [0.5, 0.6) is 0 Å². The van der Waals surface area contributed by atoms with E-state index >= 15 is 0 Å². The van der Waals surface area contributed by atoms with E-state index in [2.05, 4.69) is 24.3 Å². The number of carbonyl (C=O) groups excluding carboxylic acids is 1. The minimum atomic E-state index is -0.0498. The molecule has 0 bridgehead atoms. The predicted octanol–water partition coefficient (Wildman–Crippen LogP) is 2.57. The topological polar surface area (TPSA) is 41.6 Å². The van der Waals surface area contributed by atoms with Gasteiger partial charge >= 0.3 is 5.97 Å². The molecule has 0 aromatic carbocycles. The van der Waals surface area contributed by atoms with Crippen molar-refractivity contribution in [3.05, 3.63) is 0 Å². The first kappa shape index (κ1) is 17.4. The number of rotatable bonds is 9. The fraction of sp³-hybridized carbons (Fsp3) is 0.938. The highest BCUT2D eigenvalue weighted by Gasteiger charge is 2.22. The van der Waals surface area contributed by atoms with Gasteiger partial charge in [0.1, 0.15) is 0 Å². The highest BCUT2D eigenvalue weighted by Crippen LogP contribution is 2.22. The standard InChI is InChI=1S/C16H32N2O2/c1-4-20-16(19)8-6-5-7-13-18(3)15-11-9-14(17-2)10-12-15/h14-15,17H,4-13H2,1-3H3. The van der Waals surface area contributed by atoms with Gasteiger partial charge in [-0.25, -0.2) is 0 Å². The average Bonchev–Trinajstić information content (AvgIpc) is 2.47. The molecule has 0 heterocycles. The van der Waals surface area contributed by atoms with Gasteiger partial charge in [0.05, 0.1) is 6.61 Å². The zero-order valence-corrected chi connectivity index (χ0v) is 13.5. The molecule has 0 spiro atoms. The lowest BCUT2D eigenvalue weighted by Crippen LogP contribution is -2.40. The molecular formula is C16H32N2O2. The maximum Gasteiger partial charge on any atom is 0.305 e. The lowest BCUT2D eigenvalue weighted by atomic mass is 9.90. The predicted molar refractivity (Wildman–Crippen MR) is 82.8 cm³/mol. The number of esters is 1. The molecule has 1 rings (SSSR count). The molecule has 1 saturated carbocycles. The van der Waals surface area contributed by atoms with Crippen LogP contribution in [0.25, 0.3) is 0 Å². The summed E-state index contributed by atoms with van der Waals surface area (Å²) in [4.78, 5) is 13.7. The van der Waals surface area contributed by atoms with Gasteiger partial charge in [-0.1, -0.05) is 6.42 Å². The second-order valence-electron chi connectivity index (χ2n) is 5.89. The van der Waals surface area contributed by atoms with Crippen LogP contribution in [0.2, 0.25) is 0 Å². The van der Waals surface area contributed by atoms with Crippen molar-refractivity contribution < 1.29 is 9.53 Å². The molecule has 0 aliphatic heterocycles. The van der Waals surface area contributed by atoms with E-state index in [9.17, 15) is 4.79 Å². The fourth-order valence-electron chi connectivity index (χ4n) is 3.03. The molecule has 1 fully saturated rings. The van der Waals surface area contributed by atoms with Crippen molar-refractivity contribution in [2.45, 2.75) is 70.4 Å². The number of unbranched alkanes of at least 4 members (excludes halogenated alkanes) is 2. The highest BCUT2D eigenvalue weighted by atomic mass is 16.5. The van der Waals surface area contributed by atoms with Crippen LogP contribution in [0.15, 0.2) is 0 Å². The van der Waals surface area contributed by atoms with E-state index in [0.717, 1.165) is 31.5 Å².